The van der Waals surface area contributed by atoms with E-state index >= 15 is 0 Å². The molecule has 5 nitrogen and oxygen atoms in total. The summed E-state index contributed by atoms with van der Waals surface area (Å²) in [7, 11) is 0. The highest BCUT2D eigenvalue weighted by atomic mass is 16.2. The molecular formula is C17H23N3O2. The average molecular weight is 301 g/mol. The summed E-state index contributed by atoms with van der Waals surface area (Å²) in [4.78, 5) is 24.2. The van der Waals surface area contributed by atoms with E-state index in [1.807, 2.05) is 30.3 Å². The summed E-state index contributed by atoms with van der Waals surface area (Å²) < 4.78 is 0. The maximum Gasteiger partial charge on any atom is 0.237 e. The summed E-state index contributed by atoms with van der Waals surface area (Å²) in [5, 5.41) is 9.31. The minimum Gasteiger partial charge on any atom is -0.352 e. The fourth-order valence-corrected chi connectivity index (χ4v) is 3.33. The summed E-state index contributed by atoms with van der Waals surface area (Å²) in [6, 6.07) is 9.93. The van der Waals surface area contributed by atoms with Crippen molar-refractivity contribution in [2.24, 2.45) is 0 Å². The van der Waals surface area contributed by atoms with Crippen LogP contribution in [0.4, 0.5) is 0 Å². The van der Waals surface area contributed by atoms with Gasteiger partial charge in [-0.05, 0) is 18.4 Å². The van der Waals surface area contributed by atoms with E-state index in [9.17, 15) is 9.59 Å². The predicted molar refractivity (Wildman–Crippen MR) is 84.0 cm³/mol. The third-order valence-corrected chi connectivity index (χ3v) is 4.55. The molecule has 1 aliphatic carbocycles. The molecule has 22 heavy (non-hydrogen) atoms. The number of fused-ring (bicyclic) bond motifs is 1. The van der Waals surface area contributed by atoms with Gasteiger partial charge in [-0.15, -0.1) is 0 Å². The summed E-state index contributed by atoms with van der Waals surface area (Å²) in [5.74, 6) is -0.135. The number of carbonyl (C=O) groups is 2. The maximum atomic E-state index is 12.1. The Morgan fingerprint density at radius 1 is 1.14 bits per heavy atom. The van der Waals surface area contributed by atoms with Gasteiger partial charge in [-0.25, -0.2) is 0 Å². The second-order valence-electron chi connectivity index (χ2n) is 6.19. The van der Waals surface area contributed by atoms with E-state index in [2.05, 4.69) is 16.0 Å². The fourth-order valence-electron chi connectivity index (χ4n) is 3.33. The molecule has 0 unspecified atom stereocenters. The summed E-state index contributed by atoms with van der Waals surface area (Å²) in [6.45, 7) is 0.500. The molecule has 1 aromatic rings. The predicted octanol–water partition coefficient (Wildman–Crippen LogP) is 1.09. The third kappa shape index (κ3) is 3.65. The van der Waals surface area contributed by atoms with Gasteiger partial charge in [0.05, 0.1) is 12.5 Å². The van der Waals surface area contributed by atoms with Crippen molar-refractivity contribution in [3.63, 3.8) is 0 Å². The monoisotopic (exact) mass is 301 g/mol. The molecule has 1 heterocycles. The van der Waals surface area contributed by atoms with Gasteiger partial charge in [-0.1, -0.05) is 43.2 Å². The van der Waals surface area contributed by atoms with Crippen LogP contribution < -0.4 is 16.0 Å². The molecule has 1 saturated carbocycles. The molecule has 2 fully saturated rings. The van der Waals surface area contributed by atoms with Crippen molar-refractivity contribution in [3.05, 3.63) is 35.9 Å². The zero-order valence-electron chi connectivity index (χ0n) is 12.7. The number of rotatable bonds is 4. The van der Waals surface area contributed by atoms with Crippen LogP contribution in [0.15, 0.2) is 30.3 Å². The van der Waals surface area contributed by atoms with Gasteiger partial charge in [0.15, 0.2) is 0 Å². The quantitative estimate of drug-likeness (QED) is 0.780. The molecule has 3 N–H and O–H groups in total. The van der Waals surface area contributed by atoms with E-state index in [-0.39, 0.29) is 24.3 Å². The minimum atomic E-state index is -0.407. The number of benzene rings is 1. The Bertz CT molecular complexity index is 532. The Hall–Kier alpha value is -1.88. The van der Waals surface area contributed by atoms with Crippen LogP contribution >= 0.6 is 0 Å². The molecule has 2 amide bonds. The standard InChI is InChI=1S/C17H23N3O2/c21-16(18-11-12-6-2-1-3-7-12)10-15-17(22)20-14-9-5-4-8-13(14)19-15/h1-3,6-7,13-15,19H,4-5,8-11H2,(H,18,21)(H,20,22)/t13-,14+,15+/m1/s1. The van der Waals surface area contributed by atoms with E-state index in [0.29, 0.717) is 12.6 Å². The smallest absolute Gasteiger partial charge is 0.237 e. The molecule has 0 spiro atoms. The van der Waals surface area contributed by atoms with Crippen molar-refractivity contribution in [2.45, 2.75) is 56.8 Å². The molecule has 118 valence electrons. The molecule has 1 saturated heterocycles. The maximum absolute atomic E-state index is 12.1. The second kappa shape index (κ2) is 6.92. The van der Waals surface area contributed by atoms with Gasteiger partial charge in [-0.2, -0.15) is 0 Å². The van der Waals surface area contributed by atoms with Gasteiger partial charge in [-0.3, -0.25) is 9.59 Å². The molecular weight excluding hydrogens is 278 g/mol. The summed E-state index contributed by atoms with van der Waals surface area (Å²) in [6.07, 6.45) is 4.67. The van der Waals surface area contributed by atoms with Crippen LogP contribution in [0.3, 0.4) is 0 Å². The van der Waals surface area contributed by atoms with Gasteiger partial charge < -0.3 is 16.0 Å². The van der Waals surface area contributed by atoms with Crippen LogP contribution in [-0.4, -0.2) is 29.9 Å². The number of nitrogens with one attached hydrogen (secondary N) is 3. The lowest BCUT2D eigenvalue weighted by Gasteiger charge is -2.40. The normalized spacial score (nSPS) is 27.6. The molecule has 3 atom stereocenters. The zero-order chi connectivity index (χ0) is 15.4. The molecule has 3 rings (SSSR count). The first-order chi connectivity index (χ1) is 10.7. The minimum absolute atomic E-state index is 0.0435. The Kier molecular flexibility index (Phi) is 4.73. The van der Waals surface area contributed by atoms with Gasteiger partial charge in [0.2, 0.25) is 11.8 Å². The van der Waals surface area contributed by atoms with Crippen molar-refractivity contribution >= 4 is 11.8 Å². The van der Waals surface area contributed by atoms with Crippen LogP contribution in [-0.2, 0) is 16.1 Å². The van der Waals surface area contributed by atoms with Crippen LogP contribution in [0, 0.1) is 0 Å². The largest absolute Gasteiger partial charge is 0.352 e. The van der Waals surface area contributed by atoms with Crippen molar-refractivity contribution in [2.75, 3.05) is 0 Å². The Morgan fingerprint density at radius 2 is 1.86 bits per heavy atom. The lowest BCUT2D eigenvalue weighted by Crippen LogP contribution is -2.65. The highest BCUT2D eigenvalue weighted by molar-refractivity contribution is 5.89. The topological polar surface area (TPSA) is 70.2 Å². The lowest BCUT2D eigenvalue weighted by atomic mass is 9.87. The third-order valence-electron chi connectivity index (χ3n) is 4.55. The second-order valence-corrected chi connectivity index (χ2v) is 6.19. The highest BCUT2D eigenvalue weighted by Gasteiger charge is 2.36. The van der Waals surface area contributed by atoms with Crippen molar-refractivity contribution < 1.29 is 9.59 Å². The highest BCUT2D eigenvalue weighted by Crippen LogP contribution is 2.22. The van der Waals surface area contributed by atoms with Crippen molar-refractivity contribution in [1.29, 1.82) is 0 Å². The molecule has 0 aromatic heterocycles. The molecule has 5 heteroatoms. The molecule has 0 radical (unpaired) electrons. The van der Waals surface area contributed by atoms with E-state index in [0.717, 1.165) is 18.4 Å². The Balaban J connectivity index is 1.49. The Morgan fingerprint density at radius 3 is 2.64 bits per heavy atom. The number of carbonyl (C=O) groups excluding carboxylic acids is 2. The van der Waals surface area contributed by atoms with Gasteiger partial charge in [0.25, 0.3) is 0 Å². The first-order valence-electron chi connectivity index (χ1n) is 8.09. The molecule has 1 aliphatic heterocycles. The van der Waals surface area contributed by atoms with Crippen LogP contribution in [0.25, 0.3) is 0 Å². The van der Waals surface area contributed by atoms with Gasteiger partial charge in [0, 0.05) is 18.6 Å². The Labute approximate surface area is 130 Å². The van der Waals surface area contributed by atoms with Crippen molar-refractivity contribution in [3.8, 4) is 0 Å². The zero-order valence-corrected chi connectivity index (χ0v) is 12.7. The van der Waals surface area contributed by atoms with Crippen LogP contribution in [0.1, 0.15) is 37.7 Å². The summed E-state index contributed by atoms with van der Waals surface area (Å²) in [5.41, 5.74) is 1.06. The van der Waals surface area contributed by atoms with Crippen LogP contribution in [0.2, 0.25) is 0 Å². The van der Waals surface area contributed by atoms with Crippen molar-refractivity contribution in [1.82, 2.24) is 16.0 Å². The van der Waals surface area contributed by atoms with E-state index in [1.165, 1.54) is 12.8 Å². The first-order valence-corrected chi connectivity index (χ1v) is 8.09. The number of piperazine rings is 1. The first kappa shape index (κ1) is 15.0. The SMILES string of the molecule is O=C(C[C@@H]1N[C@@H]2CCCC[C@@H]2NC1=O)NCc1ccccc1. The van der Waals surface area contributed by atoms with Gasteiger partial charge >= 0.3 is 0 Å². The number of hydrogen-bond donors (Lipinski definition) is 3. The average Bonchev–Trinajstić information content (AvgIpc) is 2.55. The fraction of sp³-hybridized carbons (Fsp3) is 0.529. The molecule has 1 aromatic carbocycles. The lowest BCUT2D eigenvalue weighted by molar-refractivity contribution is -0.131. The van der Waals surface area contributed by atoms with E-state index in [1.54, 1.807) is 0 Å². The number of hydrogen-bond acceptors (Lipinski definition) is 3. The van der Waals surface area contributed by atoms with Crippen LogP contribution in [0.5, 0.6) is 0 Å². The van der Waals surface area contributed by atoms with Gasteiger partial charge in [0.1, 0.15) is 0 Å². The molecule has 2 aliphatic rings. The number of amides is 2. The van der Waals surface area contributed by atoms with E-state index in [4.69, 9.17) is 0 Å². The molecule has 0 bridgehead atoms. The van der Waals surface area contributed by atoms with E-state index < -0.39 is 6.04 Å². The summed E-state index contributed by atoms with van der Waals surface area (Å²) >= 11 is 0.